The third kappa shape index (κ3) is 4.81. The zero-order valence-electron chi connectivity index (χ0n) is 13.0. The van der Waals surface area contributed by atoms with Gasteiger partial charge < -0.3 is 16.0 Å². The number of carbonyl (C=O) groups excluding carboxylic acids is 1. The minimum absolute atomic E-state index is 0.0360. The molecule has 0 radical (unpaired) electrons. The third-order valence-electron chi connectivity index (χ3n) is 3.53. The quantitative estimate of drug-likeness (QED) is 0.769. The summed E-state index contributed by atoms with van der Waals surface area (Å²) < 4.78 is 0. The number of amides is 1. The second-order valence-electron chi connectivity index (χ2n) is 5.19. The molecule has 116 valence electrons. The highest BCUT2D eigenvalue weighted by molar-refractivity contribution is 5.90. The lowest BCUT2D eigenvalue weighted by atomic mass is 10.2. The van der Waals surface area contributed by atoms with Gasteiger partial charge in [0.05, 0.1) is 0 Å². The van der Waals surface area contributed by atoms with Crippen LogP contribution in [0.15, 0.2) is 54.6 Å². The molecule has 3 N–H and O–H groups in total. The Hall–Kier alpha value is -2.49. The molecule has 0 spiro atoms. The fraction of sp³-hybridized carbons (Fsp3) is 0.278. The highest BCUT2D eigenvalue weighted by Crippen LogP contribution is 2.14. The lowest BCUT2D eigenvalue weighted by Gasteiger charge is -2.22. The Morgan fingerprint density at radius 1 is 1.09 bits per heavy atom. The zero-order chi connectivity index (χ0) is 15.8. The second kappa shape index (κ2) is 8.08. The van der Waals surface area contributed by atoms with E-state index in [9.17, 15) is 4.79 Å². The van der Waals surface area contributed by atoms with Crippen LogP contribution in [0.5, 0.6) is 0 Å². The number of hydrogen-bond donors (Lipinski definition) is 2. The first-order chi connectivity index (χ1) is 10.7. The van der Waals surface area contributed by atoms with Crippen molar-refractivity contribution < 1.29 is 4.79 Å². The lowest BCUT2D eigenvalue weighted by Crippen LogP contribution is -2.25. The summed E-state index contributed by atoms with van der Waals surface area (Å²) in [7, 11) is 0. The molecule has 4 heteroatoms. The number of nitrogens with one attached hydrogen (secondary N) is 1. The van der Waals surface area contributed by atoms with Crippen LogP contribution in [0.25, 0.3) is 0 Å². The van der Waals surface area contributed by atoms with Crippen molar-refractivity contribution in [2.45, 2.75) is 19.8 Å². The molecule has 4 nitrogen and oxygen atoms in total. The summed E-state index contributed by atoms with van der Waals surface area (Å²) >= 11 is 0. The van der Waals surface area contributed by atoms with E-state index in [1.165, 1.54) is 5.69 Å². The molecule has 0 atom stereocenters. The zero-order valence-corrected chi connectivity index (χ0v) is 13.0. The van der Waals surface area contributed by atoms with Gasteiger partial charge >= 0.3 is 0 Å². The van der Waals surface area contributed by atoms with Crippen molar-refractivity contribution in [2.75, 3.05) is 29.0 Å². The Morgan fingerprint density at radius 2 is 1.77 bits per heavy atom. The SMILES string of the molecule is CCN(CCCC(=O)Nc1ccc(N)cc1)c1ccccc1. The molecule has 2 rings (SSSR count). The Balaban J connectivity index is 1.77. The first kappa shape index (κ1) is 15.9. The van der Waals surface area contributed by atoms with E-state index in [1.807, 2.05) is 30.3 Å². The normalized spacial score (nSPS) is 10.2. The molecular weight excluding hydrogens is 274 g/mol. The van der Waals surface area contributed by atoms with Gasteiger partial charge in [-0.25, -0.2) is 0 Å². The molecule has 22 heavy (non-hydrogen) atoms. The van der Waals surface area contributed by atoms with Crippen molar-refractivity contribution in [3.63, 3.8) is 0 Å². The van der Waals surface area contributed by atoms with Crippen LogP contribution < -0.4 is 16.0 Å². The van der Waals surface area contributed by atoms with E-state index in [1.54, 1.807) is 12.1 Å². The van der Waals surface area contributed by atoms with Gasteiger partial charge in [-0.15, -0.1) is 0 Å². The summed E-state index contributed by atoms with van der Waals surface area (Å²) in [5.74, 6) is 0.0360. The average Bonchev–Trinajstić information content (AvgIpc) is 2.54. The summed E-state index contributed by atoms with van der Waals surface area (Å²) in [6, 6.07) is 17.5. The number of nitrogens with zero attached hydrogens (tertiary/aromatic N) is 1. The molecule has 0 fully saturated rings. The van der Waals surface area contributed by atoms with Gasteiger partial charge in [-0.2, -0.15) is 0 Å². The monoisotopic (exact) mass is 297 g/mol. The summed E-state index contributed by atoms with van der Waals surface area (Å²) in [5, 5.41) is 2.89. The van der Waals surface area contributed by atoms with Crippen molar-refractivity contribution >= 4 is 23.0 Å². The highest BCUT2D eigenvalue weighted by atomic mass is 16.1. The Bertz CT molecular complexity index is 581. The van der Waals surface area contributed by atoms with Crippen LogP contribution in [0, 0.1) is 0 Å². The van der Waals surface area contributed by atoms with Gasteiger partial charge in [0.15, 0.2) is 0 Å². The highest BCUT2D eigenvalue weighted by Gasteiger charge is 2.06. The van der Waals surface area contributed by atoms with Crippen LogP contribution >= 0.6 is 0 Å². The van der Waals surface area contributed by atoms with E-state index in [-0.39, 0.29) is 5.91 Å². The molecule has 2 aromatic carbocycles. The fourth-order valence-electron chi connectivity index (χ4n) is 2.33. The molecule has 0 aliphatic carbocycles. The number of hydrogen-bond acceptors (Lipinski definition) is 3. The van der Waals surface area contributed by atoms with E-state index in [0.29, 0.717) is 12.1 Å². The molecule has 0 unspecified atom stereocenters. The molecule has 1 amide bonds. The first-order valence-electron chi connectivity index (χ1n) is 7.64. The number of nitrogen functional groups attached to an aromatic ring is 1. The Kier molecular flexibility index (Phi) is 5.83. The summed E-state index contributed by atoms with van der Waals surface area (Å²) in [4.78, 5) is 14.2. The third-order valence-corrected chi connectivity index (χ3v) is 3.53. The first-order valence-corrected chi connectivity index (χ1v) is 7.64. The van der Waals surface area contributed by atoms with Gasteiger partial charge in [0, 0.05) is 36.6 Å². The van der Waals surface area contributed by atoms with E-state index in [4.69, 9.17) is 5.73 Å². The molecule has 0 aliphatic rings. The van der Waals surface area contributed by atoms with E-state index in [0.717, 1.165) is 25.2 Å². The maximum atomic E-state index is 11.9. The smallest absolute Gasteiger partial charge is 0.224 e. The van der Waals surface area contributed by atoms with Gasteiger partial charge in [-0.3, -0.25) is 4.79 Å². The van der Waals surface area contributed by atoms with Crippen LogP contribution in [0.2, 0.25) is 0 Å². The van der Waals surface area contributed by atoms with Gasteiger partial charge in [0.1, 0.15) is 0 Å². The van der Waals surface area contributed by atoms with E-state index < -0.39 is 0 Å². The molecule has 0 bridgehead atoms. The lowest BCUT2D eigenvalue weighted by molar-refractivity contribution is -0.116. The summed E-state index contributed by atoms with van der Waals surface area (Å²) in [5.41, 5.74) is 8.30. The van der Waals surface area contributed by atoms with Crippen LogP contribution in [-0.4, -0.2) is 19.0 Å². The van der Waals surface area contributed by atoms with Gasteiger partial charge in [-0.1, -0.05) is 18.2 Å². The number of anilines is 3. The van der Waals surface area contributed by atoms with Crippen LogP contribution in [-0.2, 0) is 4.79 Å². The van der Waals surface area contributed by atoms with Crippen LogP contribution in [0.3, 0.4) is 0 Å². The molecule has 0 aliphatic heterocycles. The number of rotatable bonds is 7. The summed E-state index contributed by atoms with van der Waals surface area (Å²) in [6.45, 7) is 3.93. The second-order valence-corrected chi connectivity index (χ2v) is 5.19. The minimum Gasteiger partial charge on any atom is -0.399 e. The largest absolute Gasteiger partial charge is 0.399 e. The van der Waals surface area contributed by atoms with Crippen molar-refractivity contribution in [1.29, 1.82) is 0 Å². The van der Waals surface area contributed by atoms with Crippen molar-refractivity contribution in [3.05, 3.63) is 54.6 Å². The molecule has 0 saturated heterocycles. The Labute approximate surface area is 131 Å². The molecule has 0 saturated carbocycles. The predicted octanol–water partition coefficient (Wildman–Crippen LogP) is 3.51. The van der Waals surface area contributed by atoms with Crippen molar-refractivity contribution in [2.24, 2.45) is 0 Å². The predicted molar refractivity (Wildman–Crippen MR) is 93.0 cm³/mol. The molecule has 0 heterocycles. The average molecular weight is 297 g/mol. The number of nitrogens with two attached hydrogens (primary N) is 1. The molecule has 0 aromatic heterocycles. The van der Waals surface area contributed by atoms with Gasteiger partial charge in [-0.05, 0) is 49.7 Å². The standard InChI is InChI=1S/C18H23N3O/c1-2-21(17-7-4-3-5-8-17)14-6-9-18(22)20-16-12-10-15(19)11-13-16/h3-5,7-8,10-13H,2,6,9,14,19H2,1H3,(H,20,22). The molecule has 2 aromatic rings. The number of para-hydroxylation sites is 1. The van der Waals surface area contributed by atoms with E-state index in [2.05, 4.69) is 29.3 Å². The topological polar surface area (TPSA) is 58.4 Å². The summed E-state index contributed by atoms with van der Waals surface area (Å²) in [6.07, 6.45) is 1.33. The maximum absolute atomic E-state index is 11.9. The van der Waals surface area contributed by atoms with Gasteiger partial charge in [0.2, 0.25) is 5.91 Å². The fourth-order valence-corrected chi connectivity index (χ4v) is 2.33. The van der Waals surface area contributed by atoms with Crippen LogP contribution in [0.1, 0.15) is 19.8 Å². The van der Waals surface area contributed by atoms with Gasteiger partial charge in [0.25, 0.3) is 0 Å². The number of benzene rings is 2. The van der Waals surface area contributed by atoms with Crippen LogP contribution in [0.4, 0.5) is 17.1 Å². The minimum atomic E-state index is 0.0360. The number of carbonyl (C=O) groups is 1. The van der Waals surface area contributed by atoms with Crippen molar-refractivity contribution in [1.82, 2.24) is 0 Å². The van der Waals surface area contributed by atoms with E-state index >= 15 is 0 Å². The molecular formula is C18H23N3O. The Morgan fingerprint density at radius 3 is 2.41 bits per heavy atom. The van der Waals surface area contributed by atoms with Crippen molar-refractivity contribution in [3.8, 4) is 0 Å². The maximum Gasteiger partial charge on any atom is 0.224 e.